The van der Waals surface area contributed by atoms with E-state index in [1.807, 2.05) is 26.8 Å². The van der Waals surface area contributed by atoms with Gasteiger partial charge in [0.05, 0.1) is 4.90 Å². The fourth-order valence-electron chi connectivity index (χ4n) is 2.95. The molecule has 1 aromatic carbocycles. The Morgan fingerprint density at radius 3 is 2.30 bits per heavy atom. The second kappa shape index (κ2) is 8.00. The molecule has 2 aromatic rings. The first-order chi connectivity index (χ1) is 12.8. The molecule has 1 aromatic heterocycles. The van der Waals surface area contributed by atoms with Crippen LogP contribution in [-0.4, -0.2) is 54.9 Å². The Balaban J connectivity index is 1.72. The maximum Gasteiger partial charge on any atom is 0.243 e. The number of hydrogen-bond acceptors (Lipinski definition) is 6. The van der Waals surface area contributed by atoms with Gasteiger partial charge in [-0.25, -0.2) is 13.4 Å². The summed E-state index contributed by atoms with van der Waals surface area (Å²) in [5.74, 6) is 1.41. The molecule has 0 aliphatic carbocycles. The number of nitrogens with one attached hydrogen (secondary N) is 1. The van der Waals surface area contributed by atoms with Crippen molar-refractivity contribution in [2.24, 2.45) is 0 Å². The van der Waals surface area contributed by atoms with Crippen molar-refractivity contribution in [1.82, 2.24) is 14.3 Å². The number of aromatic nitrogens is 2. The van der Waals surface area contributed by atoms with E-state index in [9.17, 15) is 8.42 Å². The van der Waals surface area contributed by atoms with Crippen molar-refractivity contribution in [1.29, 1.82) is 0 Å². The highest BCUT2D eigenvalue weighted by molar-refractivity contribution is 7.89. The smallest absolute Gasteiger partial charge is 0.243 e. The van der Waals surface area contributed by atoms with Gasteiger partial charge >= 0.3 is 0 Å². The first-order valence-corrected chi connectivity index (χ1v) is 10.7. The summed E-state index contributed by atoms with van der Waals surface area (Å²) in [4.78, 5) is 11.3. The molecule has 9 heteroatoms. The van der Waals surface area contributed by atoms with Crippen molar-refractivity contribution in [2.45, 2.75) is 31.7 Å². The number of benzene rings is 1. The van der Waals surface area contributed by atoms with E-state index in [1.54, 1.807) is 24.3 Å². The highest BCUT2D eigenvalue weighted by atomic mass is 35.5. The molecule has 0 atom stereocenters. The topological polar surface area (TPSA) is 78.4 Å². The third kappa shape index (κ3) is 4.69. The van der Waals surface area contributed by atoms with E-state index in [1.165, 1.54) is 4.31 Å². The molecular formula is C18H24ClN5O2S. The zero-order chi connectivity index (χ0) is 19.6. The molecule has 1 aliphatic heterocycles. The number of nitrogens with zero attached hydrogens (tertiary/aromatic N) is 4. The summed E-state index contributed by atoms with van der Waals surface area (Å²) in [7, 11) is -3.51. The van der Waals surface area contributed by atoms with Crippen LogP contribution in [0.1, 0.15) is 19.5 Å². The van der Waals surface area contributed by atoms with Gasteiger partial charge in [-0.1, -0.05) is 11.6 Å². The molecule has 2 heterocycles. The number of aryl methyl sites for hydroxylation is 1. The lowest BCUT2D eigenvalue weighted by Gasteiger charge is -2.34. The molecule has 1 aliphatic rings. The Bertz CT molecular complexity index is 894. The quantitative estimate of drug-likeness (QED) is 0.818. The summed E-state index contributed by atoms with van der Waals surface area (Å²) in [6, 6.07) is 8.44. The van der Waals surface area contributed by atoms with Crippen LogP contribution in [-0.2, 0) is 10.0 Å². The number of hydrogen-bond donors (Lipinski definition) is 1. The van der Waals surface area contributed by atoms with Crippen LogP contribution in [0.15, 0.2) is 35.2 Å². The summed E-state index contributed by atoms with van der Waals surface area (Å²) in [5, 5.41) is 3.74. The summed E-state index contributed by atoms with van der Waals surface area (Å²) >= 11 is 5.86. The normalized spacial score (nSPS) is 16.0. The monoisotopic (exact) mass is 409 g/mol. The van der Waals surface area contributed by atoms with E-state index in [2.05, 4.69) is 20.2 Å². The lowest BCUT2D eigenvalue weighted by atomic mass is 10.3. The summed E-state index contributed by atoms with van der Waals surface area (Å²) in [6.45, 7) is 7.95. The number of halogens is 1. The molecule has 0 saturated carbocycles. The van der Waals surface area contributed by atoms with E-state index in [0.717, 1.165) is 11.5 Å². The van der Waals surface area contributed by atoms with Crippen molar-refractivity contribution >= 4 is 33.4 Å². The van der Waals surface area contributed by atoms with Gasteiger partial charge in [-0.05, 0) is 45.0 Å². The Labute approximate surface area is 165 Å². The maximum atomic E-state index is 12.8. The number of anilines is 2. The Kier molecular flexibility index (Phi) is 5.88. The molecule has 0 unspecified atom stereocenters. The predicted octanol–water partition coefficient (Wildman–Crippen LogP) is 2.77. The van der Waals surface area contributed by atoms with Crippen LogP contribution < -0.4 is 10.2 Å². The van der Waals surface area contributed by atoms with Crippen molar-refractivity contribution in [3.63, 3.8) is 0 Å². The van der Waals surface area contributed by atoms with Gasteiger partial charge in [-0.3, -0.25) is 0 Å². The molecule has 1 saturated heterocycles. The first-order valence-electron chi connectivity index (χ1n) is 8.88. The molecule has 7 nitrogen and oxygen atoms in total. The average molecular weight is 410 g/mol. The minimum Gasteiger partial charge on any atom is -0.354 e. The molecule has 3 rings (SSSR count). The second-order valence-electron chi connectivity index (χ2n) is 6.84. The standard InChI is InChI=1S/C18H24ClN5O2S/c1-13(2)20-18-21-14(3)12-17(22-18)23-8-10-24(11-9-23)27(25,26)16-6-4-15(19)5-7-16/h4-7,12-13H,8-11H2,1-3H3,(H,20,21,22). The Morgan fingerprint density at radius 2 is 1.70 bits per heavy atom. The van der Waals surface area contributed by atoms with Gasteiger partial charge in [0.15, 0.2) is 0 Å². The molecular weight excluding hydrogens is 386 g/mol. The van der Waals surface area contributed by atoms with Crippen LogP contribution >= 0.6 is 11.6 Å². The van der Waals surface area contributed by atoms with Gasteiger partial charge in [0.25, 0.3) is 0 Å². The summed E-state index contributed by atoms with van der Waals surface area (Å²) in [5.41, 5.74) is 0.874. The lowest BCUT2D eigenvalue weighted by molar-refractivity contribution is 0.383. The fourth-order valence-corrected chi connectivity index (χ4v) is 4.50. The minimum atomic E-state index is -3.51. The molecule has 146 valence electrons. The molecule has 0 radical (unpaired) electrons. The minimum absolute atomic E-state index is 0.237. The van der Waals surface area contributed by atoms with Crippen molar-refractivity contribution < 1.29 is 8.42 Å². The highest BCUT2D eigenvalue weighted by Gasteiger charge is 2.29. The van der Waals surface area contributed by atoms with Crippen LogP contribution in [0.5, 0.6) is 0 Å². The molecule has 1 N–H and O–H groups in total. The van der Waals surface area contributed by atoms with Gasteiger partial charge in [0, 0.05) is 49.0 Å². The molecule has 0 bridgehead atoms. The van der Waals surface area contributed by atoms with Crippen LogP contribution in [0.4, 0.5) is 11.8 Å². The molecule has 0 spiro atoms. The van der Waals surface area contributed by atoms with Crippen molar-refractivity contribution in [3.8, 4) is 0 Å². The second-order valence-corrected chi connectivity index (χ2v) is 9.21. The third-order valence-corrected chi connectivity index (χ3v) is 6.44. The number of sulfonamides is 1. The van der Waals surface area contributed by atoms with Crippen LogP contribution in [0.2, 0.25) is 5.02 Å². The number of rotatable bonds is 5. The zero-order valence-electron chi connectivity index (χ0n) is 15.7. The molecule has 0 amide bonds. The van der Waals surface area contributed by atoms with E-state index < -0.39 is 10.0 Å². The SMILES string of the molecule is Cc1cc(N2CCN(S(=O)(=O)c3ccc(Cl)cc3)CC2)nc(NC(C)C)n1. The summed E-state index contributed by atoms with van der Waals surface area (Å²) < 4.78 is 27.1. The van der Waals surface area contributed by atoms with Crippen molar-refractivity contribution in [3.05, 3.63) is 41.0 Å². The predicted molar refractivity (Wildman–Crippen MR) is 108 cm³/mol. The van der Waals surface area contributed by atoms with Crippen LogP contribution in [0.25, 0.3) is 0 Å². The van der Waals surface area contributed by atoms with Gasteiger partial charge in [-0.2, -0.15) is 9.29 Å². The van der Waals surface area contributed by atoms with E-state index in [0.29, 0.717) is 37.1 Å². The Hall–Kier alpha value is -1.90. The van der Waals surface area contributed by atoms with Gasteiger partial charge < -0.3 is 10.2 Å². The van der Waals surface area contributed by atoms with E-state index in [-0.39, 0.29) is 10.9 Å². The Morgan fingerprint density at radius 1 is 1.07 bits per heavy atom. The molecule has 27 heavy (non-hydrogen) atoms. The number of piperazine rings is 1. The maximum absolute atomic E-state index is 12.8. The van der Waals surface area contributed by atoms with Crippen LogP contribution in [0.3, 0.4) is 0 Å². The van der Waals surface area contributed by atoms with Gasteiger partial charge in [0.1, 0.15) is 5.82 Å². The summed E-state index contributed by atoms with van der Waals surface area (Å²) in [6.07, 6.45) is 0. The first kappa shape index (κ1) is 19.9. The third-order valence-electron chi connectivity index (χ3n) is 4.27. The van der Waals surface area contributed by atoms with Crippen molar-refractivity contribution in [2.75, 3.05) is 36.4 Å². The largest absolute Gasteiger partial charge is 0.354 e. The zero-order valence-corrected chi connectivity index (χ0v) is 17.3. The van der Waals surface area contributed by atoms with E-state index in [4.69, 9.17) is 11.6 Å². The molecule has 1 fully saturated rings. The average Bonchev–Trinajstić information content (AvgIpc) is 2.61. The van der Waals surface area contributed by atoms with E-state index >= 15 is 0 Å². The van der Waals surface area contributed by atoms with Crippen LogP contribution in [0, 0.1) is 6.92 Å². The van der Waals surface area contributed by atoms with Gasteiger partial charge in [0.2, 0.25) is 16.0 Å². The highest BCUT2D eigenvalue weighted by Crippen LogP contribution is 2.22. The lowest BCUT2D eigenvalue weighted by Crippen LogP contribution is -2.49. The fraction of sp³-hybridized carbons (Fsp3) is 0.444. The van der Waals surface area contributed by atoms with Gasteiger partial charge in [-0.15, -0.1) is 0 Å².